The van der Waals surface area contributed by atoms with Crippen LogP contribution < -0.4 is 22.8 Å². The first-order chi connectivity index (χ1) is 20.8. The maximum Gasteiger partial charge on any atom is 0.767 e. The summed E-state index contributed by atoms with van der Waals surface area (Å²) in [6.07, 6.45) is -1.38. The van der Waals surface area contributed by atoms with Gasteiger partial charge in [-0.25, -0.2) is 18.1 Å². The number of aliphatic carboxylic acids is 3. The van der Waals surface area contributed by atoms with E-state index in [4.69, 9.17) is 38.2 Å². The largest absolute Gasteiger partial charge is 0.767 e. The lowest BCUT2D eigenvalue weighted by Gasteiger charge is -2.18. The number of phenolic OH excluding ortho intramolecular Hbond substituents is 4. The Bertz CT molecular complexity index is 1600. The zero-order chi connectivity index (χ0) is 32.2. The van der Waals surface area contributed by atoms with Crippen molar-refractivity contribution in [3.8, 4) is 51.7 Å². The molecule has 0 spiro atoms. The van der Waals surface area contributed by atoms with Crippen LogP contribution in [0.2, 0.25) is 0 Å². The van der Waals surface area contributed by atoms with Gasteiger partial charge in [0.25, 0.3) is 17.2 Å². The van der Waals surface area contributed by atoms with E-state index in [1.165, 1.54) is 37.4 Å². The summed E-state index contributed by atoms with van der Waals surface area (Å²) in [5.41, 5.74) is 0.385. The molecule has 3 aromatic carbocycles. The van der Waals surface area contributed by atoms with Crippen LogP contribution in [-0.2, 0) is 33.6 Å². The fourth-order valence-corrected chi connectivity index (χ4v) is 6.00. The van der Waals surface area contributed by atoms with Gasteiger partial charge in [0, 0.05) is 19.3 Å². The summed E-state index contributed by atoms with van der Waals surface area (Å²) in [4.78, 5) is 33.3. The summed E-state index contributed by atoms with van der Waals surface area (Å²) in [7, 11) is -3.21. The number of hydrogen-bond acceptors (Lipinski definition) is 12. The summed E-state index contributed by atoms with van der Waals surface area (Å²) in [5, 5.41) is 70.7. The van der Waals surface area contributed by atoms with Gasteiger partial charge in [0.15, 0.2) is 28.7 Å². The Morgan fingerprint density at radius 2 is 1.14 bits per heavy atom. The van der Waals surface area contributed by atoms with Crippen LogP contribution in [0.25, 0.3) is 0 Å². The van der Waals surface area contributed by atoms with Crippen LogP contribution >= 0.6 is 8.17 Å². The molecule has 1 heterocycles. The summed E-state index contributed by atoms with van der Waals surface area (Å²) in [6.45, 7) is 0. The predicted molar refractivity (Wildman–Crippen MR) is 150 cm³/mol. The summed E-state index contributed by atoms with van der Waals surface area (Å²) in [5.74, 6) is -7.39. The average Bonchev–Trinajstić information content (AvgIpc) is 3.33. The van der Waals surface area contributed by atoms with Crippen LogP contribution in [0.15, 0.2) is 36.4 Å². The van der Waals surface area contributed by atoms with Gasteiger partial charge >= 0.3 is 26.1 Å². The Hall–Kier alpha value is -5.30. The molecule has 1 aliphatic heterocycles. The summed E-state index contributed by atoms with van der Waals surface area (Å²) >= 11 is 0. The number of benzene rings is 3. The van der Waals surface area contributed by atoms with Gasteiger partial charge in [0.05, 0.1) is 7.11 Å². The van der Waals surface area contributed by atoms with Gasteiger partial charge in [-0.2, -0.15) is 0 Å². The molecule has 0 bridgehead atoms. The SMILES string of the molecule is COc1ccc(CCC(=O)O)c(O)c1O[P+]1(Oc2c(O)ccc(CCC(=O)O)c2O)Oc2ccc(CCC(=O)O)c(O)c2O1. The number of fused-ring (bicyclic) bond motifs is 1. The fourth-order valence-electron chi connectivity index (χ4n) is 4.18. The van der Waals surface area contributed by atoms with Crippen LogP contribution in [0.5, 0.6) is 51.7 Å². The van der Waals surface area contributed by atoms with E-state index in [0.717, 1.165) is 6.07 Å². The van der Waals surface area contributed by atoms with Crippen molar-refractivity contribution in [2.24, 2.45) is 0 Å². The number of ether oxygens (including phenoxy) is 1. The Labute approximate surface area is 249 Å². The lowest BCUT2D eigenvalue weighted by molar-refractivity contribution is -0.138. The molecule has 4 rings (SSSR count). The second-order valence-electron chi connectivity index (χ2n) is 9.42. The monoisotopic (exact) mass is 635 g/mol. The highest BCUT2D eigenvalue weighted by Crippen LogP contribution is 2.72. The quantitative estimate of drug-likeness (QED) is 0.123. The van der Waals surface area contributed by atoms with Crippen molar-refractivity contribution in [1.29, 1.82) is 0 Å². The van der Waals surface area contributed by atoms with E-state index in [2.05, 4.69) is 0 Å². The fraction of sp³-hybridized carbons (Fsp3) is 0.250. The first-order valence-electron chi connectivity index (χ1n) is 12.9. The maximum atomic E-state index is 11.1. The van der Waals surface area contributed by atoms with Crippen molar-refractivity contribution in [2.45, 2.75) is 38.5 Å². The van der Waals surface area contributed by atoms with Crippen molar-refractivity contribution in [2.75, 3.05) is 7.11 Å². The molecule has 0 radical (unpaired) electrons. The number of hydrogen-bond donors (Lipinski definition) is 7. The second kappa shape index (κ2) is 12.9. The van der Waals surface area contributed by atoms with Gasteiger partial charge in [0.1, 0.15) is 0 Å². The van der Waals surface area contributed by atoms with Crippen LogP contribution in [0, 0.1) is 0 Å². The van der Waals surface area contributed by atoms with Crippen LogP contribution in [0.1, 0.15) is 36.0 Å². The number of aromatic hydroxyl groups is 4. The van der Waals surface area contributed by atoms with E-state index < -0.39 is 60.6 Å². The molecular formula is C28H28O15P+. The van der Waals surface area contributed by atoms with E-state index in [1.54, 1.807) is 0 Å². The molecule has 16 heteroatoms. The number of carboxylic acid groups (broad SMARTS) is 3. The van der Waals surface area contributed by atoms with E-state index in [9.17, 15) is 34.8 Å². The molecular weight excluding hydrogens is 607 g/mol. The lowest BCUT2D eigenvalue weighted by Crippen LogP contribution is -2.17. The van der Waals surface area contributed by atoms with Crippen molar-refractivity contribution < 1.29 is 73.0 Å². The van der Waals surface area contributed by atoms with Gasteiger partial charge in [0.2, 0.25) is 5.75 Å². The second-order valence-corrected chi connectivity index (χ2v) is 11.0. The molecule has 15 nitrogen and oxygen atoms in total. The minimum atomic E-state index is -4.46. The highest BCUT2D eigenvalue weighted by atomic mass is 31.2. The van der Waals surface area contributed by atoms with Gasteiger partial charge in [-0.1, -0.05) is 18.2 Å². The van der Waals surface area contributed by atoms with Crippen LogP contribution in [0.4, 0.5) is 0 Å². The molecule has 1 atom stereocenters. The van der Waals surface area contributed by atoms with Gasteiger partial charge in [-0.15, -0.1) is 0 Å². The number of carboxylic acids is 3. The van der Waals surface area contributed by atoms with Crippen molar-refractivity contribution in [3.05, 3.63) is 53.1 Å². The highest BCUT2D eigenvalue weighted by Gasteiger charge is 2.65. The van der Waals surface area contributed by atoms with E-state index in [1.807, 2.05) is 0 Å². The van der Waals surface area contributed by atoms with E-state index in [-0.39, 0.29) is 72.5 Å². The van der Waals surface area contributed by atoms with Crippen molar-refractivity contribution in [1.82, 2.24) is 0 Å². The predicted octanol–water partition coefficient (Wildman–Crippen LogP) is 4.18. The Morgan fingerprint density at radius 3 is 1.68 bits per heavy atom. The van der Waals surface area contributed by atoms with Crippen molar-refractivity contribution in [3.63, 3.8) is 0 Å². The van der Waals surface area contributed by atoms with Gasteiger partial charge < -0.3 is 40.5 Å². The average molecular weight is 635 g/mol. The van der Waals surface area contributed by atoms with Crippen LogP contribution in [-0.4, -0.2) is 60.8 Å². The molecule has 0 aromatic heterocycles. The molecule has 0 fully saturated rings. The summed E-state index contributed by atoms with van der Waals surface area (Å²) in [6, 6.07) is 7.90. The third-order valence-corrected chi connectivity index (χ3v) is 8.05. The number of aryl methyl sites for hydroxylation is 3. The Balaban J connectivity index is 1.82. The van der Waals surface area contributed by atoms with Gasteiger partial charge in [-0.3, -0.25) is 14.4 Å². The minimum absolute atomic E-state index is 0.0740. The zero-order valence-corrected chi connectivity index (χ0v) is 23.9. The number of phenols is 4. The topological polar surface area (TPSA) is 239 Å². The number of carbonyl (C=O) groups is 3. The molecule has 0 saturated carbocycles. The molecule has 0 amide bonds. The first-order valence-corrected chi connectivity index (χ1v) is 14.4. The molecule has 7 N–H and O–H groups in total. The number of methoxy groups -OCH3 is 1. The standard InChI is InChI=1S/C28H27O15P/c1-39-18-9-3-15(6-12-21(32)33)24(37)27(18)42-44(41-26-17(29)8-2-14(23(26)36)5-11-20(30)31)40-19-10-4-16(7-13-22(34)35)25(38)28(19)43-44/h2-4,8-10H,5-7,11-13H2,1H3,(H6-,29,30,31,32,33,34,35,36,37,38)/p+1. The third kappa shape index (κ3) is 6.84. The molecule has 3 aromatic rings. The van der Waals surface area contributed by atoms with Gasteiger partial charge in [-0.05, 0) is 54.2 Å². The molecule has 1 aliphatic rings. The molecule has 0 saturated heterocycles. The first kappa shape index (κ1) is 31.6. The zero-order valence-electron chi connectivity index (χ0n) is 23.1. The minimum Gasteiger partial charge on any atom is -0.504 e. The lowest BCUT2D eigenvalue weighted by atomic mass is 10.1. The Morgan fingerprint density at radius 1 is 0.659 bits per heavy atom. The highest BCUT2D eigenvalue weighted by molar-refractivity contribution is 7.58. The summed E-state index contributed by atoms with van der Waals surface area (Å²) < 4.78 is 29.0. The molecule has 234 valence electrons. The number of rotatable bonds is 14. The molecule has 0 aliphatic carbocycles. The van der Waals surface area contributed by atoms with Crippen LogP contribution in [0.3, 0.4) is 0 Å². The molecule has 44 heavy (non-hydrogen) atoms. The Kier molecular flexibility index (Phi) is 9.29. The smallest absolute Gasteiger partial charge is 0.504 e. The maximum absolute atomic E-state index is 11.1. The van der Waals surface area contributed by atoms with E-state index >= 15 is 0 Å². The normalized spacial score (nSPS) is 15.0. The third-order valence-electron chi connectivity index (χ3n) is 6.42. The van der Waals surface area contributed by atoms with E-state index in [0.29, 0.717) is 0 Å². The van der Waals surface area contributed by atoms with Crippen molar-refractivity contribution >= 4 is 26.1 Å². The molecule has 1 unspecified atom stereocenters.